The third-order valence-corrected chi connectivity index (χ3v) is 4.22. The van der Waals surface area contributed by atoms with Gasteiger partial charge in [-0.05, 0) is 23.8 Å². The standard InChI is InChI=1S/C16H24N2O.ClH/c1-12(10-17)16(19)18-9-8-15(13(2)11-18)14-6-4-3-5-7-14;/h3-7,12-13,15H,8-11,17H2,1-2H3;1H. The summed E-state index contributed by atoms with van der Waals surface area (Å²) < 4.78 is 0. The van der Waals surface area contributed by atoms with Crippen molar-refractivity contribution < 1.29 is 4.79 Å². The second kappa shape index (κ2) is 7.65. The molecular formula is C16H25ClN2O. The van der Waals surface area contributed by atoms with E-state index in [9.17, 15) is 4.79 Å². The second-order valence-corrected chi connectivity index (χ2v) is 5.70. The molecule has 1 fully saturated rings. The molecule has 0 saturated carbocycles. The lowest BCUT2D eigenvalue weighted by Gasteiger charge is -2.38. The molecule has 0 spiro atoms. The quantitative estimate of drug-likeness (QED) is 0.932. The highest BCUT2D eigenvalue weighted by Crippen LogP contribution is 2.32. The summed E-state index contributed by atoms with van der Waals surface area (Å²) in [5, 5.41) is 0. The normalized spacial score (nSPS) is 23.9. The molecule has 2 rings (SSSR count). The number of amides is 1. The minimum Gasteiger partial charge on any atom is -0.342 e. The molecule has 0 aliphatic carbocycles. The molecule has 1 aromatic carbocycles. The number of nitrogens with zero attached hydrogens (tertiary/aromatic N) is 1. The average Bonchev–Trinajstić information content (AvgIpc) is 2.46. The molecule has 1 amide bonds. The Hall–Kier alpha value is -1.06. The number of halogens is 1. The molecule has 112 valence electrons. The third-order valence-electron chi connectivity index (χ3n) is 4.22. The van der Waals surface area contributed by atoms with Crippen LogP contribution in [-0.4, -0.2) is 30.4 Å². The van der Waals surface area contributed by atoms with Gasteiger partial charge in [0, 0.05) is 25.6 Å². The maximum atomic E-state index is 12.2. The average molecular weight is 297 g/mol. The minimum absolute atomic E-state index is 0. The van der Waals surface area contributed by atoms with Crippen molar-refractivity contribution in [3.63, 3.8) is 0 Å². The summed E-state index contributed by atoms with van der Waals surface area (Å²) in [5.41, 5.74) is 6.98. The summed E-state index contributed by atoms with van der Waals surface area (Å²) in [6.07, 6.45) is 1.05. The van der Waals surface area contributed by atoms with Crippen molar-refractivity contribution in [2.45, 2.75) is 26.2 Å². The van der Waals surface area contributed by atoms with Crippen LogP contribution in [0.4, 0.5) is 0 Å². The molecule has 1 heterocycles. The van der Waals surface area contributed by atoms with Crippen molar-refractivity contribution in [3.05, 3.63) is 35.9 Å². The number of carbonyl (C=O) groups excluding carboxylic acids is 1. The molecule has 1 aromatic rings. The summed E-state index contributed by atoms with van der Waals surface area (Å²) in [6, 6.07) is 10.6. The SMILES string of the molecule is CC(CN)C(=O)N1CCC(c2ccccc2)C(C)C1.Cl. The van der Waals surface area contributed by atoms with E-state index in [-0.39, 0.29) is 24.2 Å². The van der Waals surface area contributed by atoms with Gasteiger partial charge in [-0.1, -0.05) is 44.2 Å². The number of carbonyl (C=O) groups is 1. The molecule has 4 heteroatoms. The zero-order valence-electron chi connectivity index (χ0n) is 12.3. The lowest BCUT2D eigenvalue weighted by atomic mass is 9.81. The molecule has 1 aliphatic rings. The molecule has 3 atom stereocenters. The number of likely N-dealkylation sites (tertiary alicyclic amines) is 1. The fourth-order valence-corrected chi connectivity index (χ4v) is 2.95. The van der Waals surface area contributed by atoms with Crippen LogP contribution in [0.3, 0.4) is 0 Å². The summed E-state index contributed by atoms with van der Waals surface area (Å²) in [6.45, 7) is 6.29. The maximum Gasteiger partial charge on any atom is 0.226 e. The molecule has 1 aliphatic heterocycles. The lowest BCUT2D eigenvalue weighted by Crippen LogP contribution is -2.45. The van der Waals surface area contributed by atoms with Gasteiger partial charge in [-0.25, -0.2) is 0 Å². The summed E-state index contributed by atoms with van der Waals surface area (Å²) >= 11 is 0. The van der Waals surface area contributed by atoms with Gasteiger partial charge in [0.15, 0.2) is 0 Å². The molecule has 3 nitrogen and oxygen atoms in total. The van der Waals surface area contributed by atoms with Gasteiger partial charge in [-0.2, -0.15) is 0 Å². The van der Waals surface area contributed by atoms with Gasteiger partial charge in [0.1, 0.15) is 0 Å². The van der Waals surface area contributed by atoms with E-state index in [0.29, 0.717) is 18.4 Å². The summed E-state index contributed by atoms with van der Waals surface area (Å²) in [7, 11) is 0. The van der Waals surface area contributed by atoms with Crippen molar-refractivity contribution >= 4 is 18.3 Å². The van der Waals surface area contributed by atoms with Crippen molar-refractivity contribution in [3.8, 4) is 0 Å². The van der Waals surface area contributed by atoms with Crippen LogP contribution in [0.25, 0.3) is 0 Å². The molecule has 1 saturated heterocycles. The predicted octanol–water partition coefficient (Wildman–Crippen LogP) is 2.66. The molecule has 0 bridgehead atoms. The topological polar surface area (TPSA) is 46.3 Å². The Morgan fingerprint density at radius 2 is 2.05 bits per heavy atom. The van der Waals surface area contributed by atoms with Gasteiger partial charge in [0.2, 0.25) is 5.91 Å². The fourth-order valence-electron chi connectivity index (χ4n) is 2.95. The van der Waals surface area contributed by atoms with Crippen molar-refractivity contribution in [1.29, 1.82) is 0 Å². The van der Waals surface area contributed by atoms with E-state index in [1.165, 1.54) is 5.56 Å². The highest BCUT2D eigenvalue weighted by Gasteiger charge is 2.30. The van der Waals surface area contributed by atoms with Crippen LogP contribution in [0.15, 0.2) is 30.3 Å². The number of rotatable bonds is 3. The largest absolute Gasteiger partial charge is 0.342 e. The highest BCUT2D eigenvalue weighted by atomic mass is 35.5. The number of hydrogen-bond donors (Lipinski definition) is 1. The Balaban J connectivity index is 0.00000200. The lowest BCUT2D eigenvalue weighted by molar-refractivity contribution is -0.136. The van der Waals surface area contributed by atoms with Gasteiger partial charge in [-0.15, -0.1) is 12.4 Å². The molecule has 0 radical (unpaired) electrons. The molecule has 3 unspecified atom stereocenters. The fraction of sp³-hybridized carbons (Fsp3) is 0.562. The number of benzene rings is 1. The highest BCUT2D eigenvalue weighted by molar-refractivity contribution is 5.85. The number of nitrogens with two attached hydrogens (primary N) is 1. The van der Waals surface area contributed by atoms with E-state index in [1.54, 1.807) is 0 Å². The van der Waals surface area contributed by atoms with Gasteiger partial charge >= 0.3 is 0 Å². The van der Waals surface area contributed by atoms with Crippen LogP contribution in [0.5, 0.6) is 0 Å². The molecule has 20 heavy (non-hydrogen) atoms. The van der Waals surface area contributed by atoms with E-state index in [0.717, 1.165) is 19.5 Å². The smallest absolute Gasteiger partial charge is 0.226 e. The van der Waals surface area contributed by atoms with E-state index in [1.807, 2.05) is 11.8 Å². The zero-order chi connectivity index (χ0) is 13.8. The van der Waals surface area contributed by atoms with Crippen molar-refractivity contribution in [2.24, 2.45) is 17.6 Å². The van der Waals surface area contributed by atoms with E-state index >= 15 is 0 Å². The van der Waals surface area contributed by atoms with Crippen LogP contribution in [-0.2, 0) is 4.79 Å². The van der Waals surface area contributed by atoms with Crippen molar-refractivity contribution in [1.82, 2.24) is 4.90 Å². The first-order valence-corrected chi connectivity index (χ1v) is 7.17. The number of hydrogen-bond acceptors (Lipinski definition) is 2. The first kappa shape index (κ1) is 17.0. The Morgan fingerprint density at radius 3 is 2.60 bits per heavy atom. The minimum atomic E-state index is -0.0551. The monoisotopic (exact) mass is 296 g/mol. The second-order valence-electron chi connectivity index (χ2n) is 5.70. The Morgan fingerprint density at radius 1 is 1.40 bits per heavy atom. The van der Waals surface area contributed by atoms with Crippen LogP contribution >= 0.6 is 12.4 Å². The zero-order valence-corrected chi connectivity index (χ0v) is 13.1. The van der Waals surface area contributed by atoms with Crippen LogP contribution in [0.1, 0.15) is 31.7 Å². The first-order valence-electron chi connectivity index (χ1n) is 7.17. The predicted molar refractivity (Wildman–Crippen MR) is 85.0 cm³/mol. The van der Waals surface area contributed by atoms with E-state index < -0.39 is 0 Å². The van der Waals surface area contributed by atoms with Gasteiger partial charge in [0.25, 0.3) is 0 Å². The van der Waals surface area contributed by atoms with Gasteiger partial charge < -0.3 is 10.6 Å². The van der Waals surface area contributed by atoms with Crippen molar-refractivity contribution in [2.75, 3.05) is 19.6 Å². The summed E-state index contributed by atoms with van der Waals surface area (Å²) in [5.74, 6) is 1.23. The van der Waals surface area contributed by atoms with E-state index in [2.05, 4.69) is 37.3 Å². The molecule has 2 N–H and O–H groups in total. The van der Waals surface area contributed by atoms with Crippen LogP contribution < -0.4 is 5.73 Å². The Labute approximate surface area is 127 Å². The molecular weight excluding hydrogens is 272 g/mol. The third kappa shape index (κ3) is 3.74. The Kier molecular flexibility index (Phi) is 6.50. The molecule has 0 aromatic heterocycles. The first-order chi connectivity index (χ1) is 9.13. The number of piperidine rings is 1. The Bertz CT molecular complexity index is 424. The van der Waals surface area contributed by atoms with Gasteiger partial charge in [0.05, 0.1) is 0 Å². The van der Waals surface area contributed by atoms with Crippen LogP contribution in [0.2, 0.25) is 0 Å². The van der Waals surface area contributed by atoms with Gasteiger partial charge in [-0.3, -0.25) is 4.79 Å². The van der Waals surface area contributed by atoms with Crippen LogP contribution in [0, 0.1) is 11.8 Å². The summed E-state index contributed by atoms with van der Waals surface area (Å²) in [4.78, 5) is 14.2. The van der Waals surface area contributed by atoms with E-state index in [4.69, 9.17) is 5.73 Å². The maximum absolute atomic E-state index is 12.2.